The minimum atomic E-state index is 0.694. The van der Waals surface area contributed by atoms with Crippen molar-refractivity contribution in [3.63, 3.8) is 0 Å². The molecular formula is C17H27BrN2S. The van der Waals surface area contributed by atoms with Gasteiger partial charge in [0.25, 0.3) is 0 Å². The third-order valence-corrected chi connectivity index (χ3v) is 5.97. The smallest absolute Gasteiger partial charge is 0.0378 e. The first-order valence-electron chi connectivity index (χ1n) is 7.95. The Balaban J connectivity index is 1.97. The van der Waals surface area contributed by atoms with E-state index in [2.05, 4.69) is 76.9 Å². The zero-order valence-electron chi connectivity index (χ0n) is 13.4. The van der Waals surface area contributed by atoms with Gasteiger partial charge >= 0.3 is 0 Å². The lowest BCUT2D eigenvalue weighted by molar-refractivity contribution is 0.552. The molecule has 1 atom stereocenters. The number of anilines is 1. The maximum atomic E-state index is 3.74. The molecule has 2 rings (SSSR count). The van der Waals surface area contributed by atoms with Gasteiger partial charge in [0.1, 0.15) is 0 Å². The van der Waals surface area contributed by atoms with Crippen LogP contribution >= 0.6 is 27.7 Å². The van der Waals surface area contributed by atoms with Gasteiger partial charge in [-0.3, -0.25) is 0 Å². The SMILES string of the molecule is CCC1CN(c2ccc(CNCC(C)C)c(Br)c2)CCS1. The molecule has 1 aromatic carbocycles. The summed E-state index contributed by atoms with van der Waals surface area (Å²) in [5, 5.41) is 4.29. The normalized spacial score (nSPS) is 19.3. The van der Waals surface area contributed by atoms with Crippen molar-refractivity contribution in [1.29, 1.82) is 0 Å². The van der Waals surface area contributed by atoms with Gasteiger partial charge < -0.3 is 10.2 Å². The van der Waals surface area contributed by atoms with Gasteiger partial charge in [0.15, 0.2) is 0 Å². The Labute approximate surface area is 142 Å². The molecule has 1 aromatic rings. The van der Waals surface area contributed by atoms with Crippen molar-refractivity contribution in [3.8, 4) is 0 Å². The van der Waals surface area contributed by atoms with Crippen molar-refractivity contribution >= 4 is 33.4 Å². The van der Waals surface area contributed by atoms with Gasteiger partial charge in [-0.2, -0.15) is 11.8 Å². The molecule has 2 nitrogen and oxygen atoms in total. The van der Waals surface area contributed by atoms with Crippen molar-refractivity contribution in [3.05, 3.63) is 28.2 Å². The Morgan fingerprint density at radius 2 is 2.24 bits per heavy atom. The van der Waals surface area contributed by atoms with Crippen LogP contribution in [0.2, 0.25) is 0 Å². The summed E-state index contributed by atoms with van der Waals surface area (Å²) in [4.78, 5) is 2.53. The van der Waals surface area contributed by atoms with Gasteiger partial charge in [-0.15, -0.1) is 0 Å². The van der Waals surface area contributed by atoms with Gasteiger partial charge in [0.05, 0.1) is 0 Å². The van der Waals surface area contributed by atoms with E-state index in [9.17, 15) is 0 Å². The molecule has 21 heavy (non-hydrogen) atoms. The number of thioether (sulfide) groups is 1. The molecule has 4 heteroatoms. The van der Waals surface area contributed by atoms with Gasteiger partial charge in [0.2, 0.25) is 0 Å². The van der Waals surface area contributed by atoms with Crippen LogP contribution in [0.5, 0.6) is 0 Å². The van der Waals surface area contributed by atoms with Crippen LogP contribution in [0, 0.1) is 5.92 Å². The number of nitrogens with one attached hydrogen (secondary N) is 1. The molecule has 0 saturated carbocycles. The van der Waals surface area contributed by atoms with Crippen molar-refractivity contribution in [2.45, 2.75) is 39.0 Å². The first-order chi connectivity index (χ1) is 10.1. The fourth-order valence-electron chi connectivity index (χ4n) is 2.57. The highest BCUT2D eigenvalue weighted by Crippen LogP contribution is 2.29. The van der Waals surface area contributed by atoms with Crippen LogP contribution in [-0.2, 0) is 6.54 Å². The first kappa shape index (κ1) is 17.2. The van der Waals surface area contributed by atoms with E-state index >= 15 is 0 Å². The van der Waals surface area contributed by atoms with E-state index in [1.807, 2.05) is 0 Å². The second-order valence-corrected chi connectivity index (χ2v) is 8.41. The number of halogens is 1. The number of rotatable bonds is 6. The van der Waals surface area contributed by atoms with Crippen LogP contribution in [0.3, 0.4) is 0 Å². The van der Waals surface area contributed by atoms with E-state index in [-0.39, 0.29) is 0 Å². The van der Waals surface area contributed by atoms with Crippen molar-refractivity contribution in [1.82, 2.24) is 5.32 Å². The third kappa shape index (κ3) is 5.19. The van der Waals surface area contributed by atoms with E-state index < -0.39 is 0 Å². The van der Waals surface area contributed by atoms with Gasteiger partial charge in [-0.05, 0) is 36.6 Å². The molecule has 0 aliphatic carbocycles. The Bertz CT molecular complexity index is 450. The van der Waals surface area contributed by atoms with Crippen molar-refractivity contribution in [2.24, 2.45) is 5.92 Å². The Morgan fingerprint density at radius 1 is 1.43 bits per heavy atom. The van der Waals surface area contributed by atoms with Gasteiger partial charge in [0, 0.05) is 40.8 Å². The second kappa shape index (κ2) is 8.44. The predicted molar refractivity (Wildman–Crippen MR) is 99.4 cm³/mol. The summed E-state index contributed by atoms with van der Waals surface area (Å²) < 4.78 is 1.22. The summed E-state index contributed by atoms with van der Waals surface area (Å²) >= 11 is 5.86. The second-order valence-electron chi connectivity index (χ2n) is 6.15. The predicted octanol–water partition coefficient (Wildman–Crippen LogP) is 4.53. The summed E-state index contributed by atoms with van der Waals surface area (Å²) in [6.07, 6.45) is 1.26. The quantitative estimate of drug-likeness (QED) is 0.791. The lowest BCUT2D eigenvalue weighted by Crippen LogP contribution is -2.37. The average Bonchev–Trinajstić information content (AvgIpc) is 2.48. The molecule has 1 heterocycles. The highest BCUT2D eigenvalue weighted by Gasteiger charge is 2.19. The molecule has 1 N–H and O–H groups in total. The number of hydrogen-bond donors (Lipinski definition) is 1. The molecule has 1 aliphatic rings. The molecule has 1 aliphatic heterocycles. The highest BCUT2D eigenvalue weighted by molar-refractivity contribution is 9.10. The van der Waals surface area contributed by atoms with Gasteiger partial charge in [-0.1, -0.05) is 42.8 Å². The number of nitrogens with zero attached hydrogens (tertiary/aromatic N) is 1. The molecule has 0 amide bonds. The molecule has 0 aromatic heterocycles. The molecule has 0 radical (unpaired) electrons. The average molecular weight is 371 g/mol. The lowest BCUT2D eigenvalue weighted by Gasteiger charge is -2.34. The Hall–Kier alpha value is -0.190. The maximum absolute atomic E-state index is 3.74. The summed E-state index contributed by atoms with van der Waals surface area (Å²) in [7, 11) is 0. The van der Waals surface area contributed by atoms with Crippen LogP contribution in [0.25, 0.3) is 0 Å². The van der Waals surface area contributed by atoms with Crippen LogP contribution < -0.4 is 10.2 Å². The third-order valence-electron chi connectivity index (χ3n) is 3.86. The summed E-state index contributed by atoms with van der Waals surface area (Å²) in [5.41, 5.74) is 2.70. The molecule has 1 unspecified atom stereocenters. The fraction of sp³-hybridized carbons (Fsp3) is 0.647. The summed E-state index contributed by atoms with van der Waals surface area (Å²) in [5.74, 6) is 1.94. The van der Waals surface area contributed by atoms with E-state index in [0.29, 0.717) is 5.92 Å². The molecule has 0 spiro atoms. The first-order valence-corrected chi connectivity index (χ1v) is 9.80. The van der Waals surface area contributed by atoms with Crippen LogP contribution in [0.4, 0.5) is 5.69 Å². The van der Waals surface area contributed by atoms with Crippen LogP contribution in [0.1, 0.15) is 32.8 Å². The van der Waals surface area contributed by atoms with Crippen molar-refractivity contribution < 1.29 is 0 Å². The van der Waals surface area contributed by atoms with Gasteiger partial charge in [-0.25, -0.2) is 0 Å². The minimum Gasteiger partial charge on any atom is -0.370 e. The standard InChI is InChI=1S/C17H27BrN2S/c1-4-16-12-20(7-8-21-16)15-6-5-14(17(18)9-15)11-19-10-13(2)3/h5-6,9,13,16,19H,4,7-8,10-12H2,1-3H3. The van der Waals surface area contributed by atoms with Crippen LogP contribution in [0.15, 0.2) is 22.7 Å². The topological polar surface area (TPSA) is 15.3 Å². The minimum absolute atomic E-state index is 0.694. The summed E-state index contributed by atoms with van der Waals surface area (Å²) in [6.45, 7) is 11.1. The summed E-state index contributed by atoms with van der Waals surface area (Å²) in [6, 6.07) is 6.82. The lowest BCUT2D eigenvalue weighted by atomic mass is 10.1. The Kier molecular flexibility index (Phi) is 6.90. The molecule has 0 bridgehead atoms. The molecule has 118 valence electrons. The molecule has 1 saturated heterocycles. The fourth-order valence-corrected chi connectivity index (χ4v) is 4.26. The van der Waals surface area contributed by atoms with E-state index in [1.165, 1.54) is 41.0 Å². The monoisotopic (exact) mass is 370 g/mol. The maximum Gasteiger partial charge on any atom is 0.0378 e. The van der Waals surface area contributed by atoms with E-state index in [1.54, 1.807) is 0 Å². The number of benzene rings is 1. The number of hydrogen-bond acceptors (Lipinski definition) is 3. The van der Waals surface area contributed by atoms with E-state index in [4.69, 9.17) is 0 Å². The largest absolute Gasteiger partial charge is 0.370 e. The molecule has 1 fully saturated rings. The zero-order valence-corrected chi connectivity index (χ0v) is 15.8. The van der Waals surface area contributed by atoms with Crippen LogP contribution in [-0.4, -0.2) is 30.6 Å². The van der Waals surface area contributed by atoms with E-state index in [0.717, 1.165) is 18.3 Å². The van der Waals surface area contributed by atoms with Crippen molar-refractivity contribution in [2.75, 3.05) is 30.3 Å². The molecular weight excluding hydrogens is 344 g/mol. The zero-order chi connectivity index (χ0) is 15.2. The highest BCUT2D eigenvalue weighted by atomic mass is 79.9. The Morgan fingerprint density at radius 3 is 2.90 bits per heavy atom.